The van der Waals surface area contributed by atoms with Crippen LogP contribution >= 0.6 is 11.6 Å². The molecule has 1 saturated carbocycles. The monoisotopic (exact) mass is 467 g/mol. The third kappa shape index (κ3) is 4.80. The number of amides is 2. The zero-order chi connectivity index (χ0) is 23.0. The number of halogens is 1. The van der Waals surface area contributed by atoms with Crippen molar-refractivity contribution in [3.8, 4) is 6.19 Å². The molecule has 0 aromatic heterocycles. The summed E-state index contributed by atoms with van der Waals surface area (Å²) in [6.07, 6.45) is 3.34. The van der Waals surface area contributed by atoms with Gasteiger partial charge in [0.25, 0.3) is 5.91 Å². The van der Waals surface area contributed by atoms with E-state index in [9.17, 15) is 23.3 Å². The fourth-order valence-electron chi connectivity index (χ4n) is 3.75. The van der Waals surface area contributed by atoms with Crippen LogP contribution < -0.4 is 0 Å². The second-order valence-corrected chi connectivity index (χ2v) is 11.5. The molecule has 0 N–H and O–H groups in total. The lowest BCUT2D eigenvalue weighted by Gasteiger charge is -2.35. The Morgan fingerprint density at radius 1 is 1.26 bits per heavy atom. The van der Waals surface area contributed by atoms with E-state index in [0.29, 0.717) is 12.8 Å². The standard InChI is InChI=1S/C21H26ClN3O5S/c1-21(2,3)30-20(27)24-12-15(31(28,29)18-10-5-4-9-16(18)22)11-17(24)19(26)25(13-23)14-7-6-8-14/h4-5,9-10,14-15,17H,6-8,11-12H2,1-3H3/t15-,17+/m1/s1. The first-order chi connectivity index (χ1) is 14.5. The second-order valence-electron chi connectivity index (χ2n) is 8.87. The van der Waals surface area contributed by atoms with Gasteiger partial charge in [-0.3, -0.25) is 9.69 Å². The fraction of sp³-hybridized carbons (Fsp3) is 0.571. The summed E-state index contributed by atoms with van der Waals surface area (Å²) in [4.78, 5) is 28.2. The molecule has 1 aromatic carbocycles. The number of nitrogens with zero attached hydrogens (tertiary/aromatic N) is 3. The zero-order valence-electron chi connectivity index (χ0n) is 17.7. The van der Waals surface area contributed by atoms with E-state index < -0.39 is 38.7 Å². The largest absolute Gasteiger partial charge is 0.444 e. The maximum absolute atomic E-state index is 13.3. The van der Waals surface area contributed by atoms with Gasteiger partial charge in [0.2, 0.25) is 0 Å². The van der Waals surface area contributed by atoms with Crippen LogP contribution in [0.15, 0.2) is 29.2 Å². The van der Waals surface area contributed by atoms with Crippen molar-refractivity contribution >= 4 is 33.4 Å². The fourth-order valence-corrected chi connectivity index (χ4v) is 5.97. The molecule has 31 heavy (non-hydrogen) atoms. The maximum Gasteiger partial charge on any atom is 0.411 e. The summed E-state index contributed by atoms with van der Waals surface area (Å²) in [5, 5.41) is 8.56. The molecule has 2 aliphatic rings. The van der Waals surface area contributed by atoms with Crippen molar-refractivity contribution in [1.29, 1.82) is 5.26 Å². The quantitative estimate of drug-likeness (QED) is 0.496. The van der Waals surface area contributed by atoms with Crippen molar-refractivity contribution in [1.82, 2.24) is 9.80 Å². The van der Waals surface area contributed by atoms with Crippen LogP contribution in [0.4, 0.5) is 4.79 Å². The maximum atomic E-state index is 13.3. The smallest absolute Gasteiger partial charge is 0.411 e. The Balaban J connectivity index is 1.93. The highest BCUT2D eigenvalue weighted by molar-refractivity contribution is 7.92. The van der Waals surface area contributed by atoms with Gasteiger partial charge in [0, 0.05) is 12.6 Å². The Hall–Kier alpha value is -2.31. The first-order valence-corrected chi connectivity index (χ1v) is 12.1. The van der Waals surface area contributed by atoms with Crippen molar-refractivity contribution in [3.05, 3.63) is 29.3 Å². The van der Waals surface area contributed by atoms with Crippen LogP contribution in [0.3, 0.4) is 0 Å². The van der Waals surface area contributed by atoms with Crippen LogP contribution in [0, 0.1) is 11.5 Å². The molecule has 0 bridgehead atoms. The molecule has 2 atom stereocenters. The van der Waals surface area contributed by atoms with Crippen LogP contribution in [0.5, 0.6) is 0 Å². The first-order valence-electron chi connectivity index (χ1n) is 10.2. The molecular weight excluding hydrogens is 442 g/mol. The first kappa shape index (κ1) is 23.4. The summed E-state index contributed by atoms with van der Waals surface area (Å²) in [5.74, 6) is -0.574. The van der Waals surface area contributed by atoms with Gasteiger partial charge >= 0.3 is 6.09 Å². The van der Waals surface area contributed by atoms with Crippen molar-refractivity contribution in [2.75, 3.05) is 6.54 Å². The molecule has 0 unspecified atom stereocenters. The third-order valence-corrected chi connectivity index (χ3v) is 8.17. The average Bonchev–Trinajstić information content (AvgIpc) is 3.09. The van der Waals surface area contributed by atoms with Gasteiger partial charge in [0.05, 0.1) is 15.2 Å². The van der Waals surface area contributed by atoms with E-state index in [1.54, 1.807) is 32.9 Å². The minimum atomic E-state index is -3.93. The third-order valence-electron chi connectivity index (χ3n) is 5.54. The van der Waals surface area contributed by atoms with Crippen LogP contribution in [0.25, 0.3) is 0 Å². The number of sulfone groups is 1. The van der Waals surface area contributed by atoms with Crippen molar-refractivity contribution < 1.29 is 22.7 Å². The summed E-state index contributed by atoms with van der Waals surface area (Å²) < 4.78 is 31.9. The summed E-state index contributed by atoms with van der Waals surface area (Å²) in [6, 6.07) is 4.76. The number of hydrogen-bond acceptors (Lipinski definition) is 6. The molecule has 2 amide bonds. The van der Waals surface area contributed by atoms with Crippen molar-refractivity contribution in [2.24, 2.45) is 0 Å². The SMILES string of the molecule is CC(C)(C)OC(=O)N1C[C@H](S(=O)(=O)c2ccccc2Cl)C[C@H]1C(=O)N(C#N)C1CCC1. The van der Waals surface area contributed by atoms with Gasteiger partial charge in [-0.1, -0.05) is 23.7 Å². The number of nitriles is 1. The molecule has 8 nitrogen and oxygen atoms in total. The highest BCUT2D eigenvalue weighted by atomic mass is 35.5. The van der Waals surface area contributed by atoms with E-state index in [1.807, 2.05) is 6.19 Å². The molecule has 168 valence electrons. The van der Waals surface area contributed by atoms with E-state index in [-0.39, 0.29) is 28.9 Å². The molecule has 1 aliphatic heterocycles. The summed E-state index contributed by atoms with van der Waals surface area (Å²) in [5.41, 5.74) is -0.826. The lowest BCUT2D eigenvalue weighted by atomic mass is 9.91. The molecule has 0 spiro atoms. The number of benzene rings is 1. The Morgan fingerprint density at radius 3 is 2.42 bits per heavy atom. The second kappa shape index (κ2) is 8.67. The molecular formula is C21H26ClN3O5S. The number of carbonyl (C=O) groups excluding carboxylic acids is 2. The minimum absolute atomic E-state index is 0.0463. The van der Waals surface area contributed by atoms with E-state index in [2.05, 4.69) is 0 Å². The van der Waals surface area contributed by atoms with Gasteiger partial charge in [0.15, 0.2) is 16.0 Å². The molecule has 0 radical (unpaired) electrons. The summed E-state index contributed by atoms with van der Waals surface area (Å²) in [6.45, 7) is 4.84. The van der Waals surface area contributed by atoms with Gasteiger partial charge in [0.1, 0.15) is 11.6 Å². The van der Waals surface area contributed by atoms with Crippen LogP contribution in [0.2, 0.25) is 5.02 Å². The lowest BCUT2D eigenvalue weighted by Crippen LogP contribution is -2.51. The van der Waals surface area contributed by atoms with Crippen LogP contribution in [0.1, 0.15) is 46.5 Å². The Labute approximate surface area is 187 Å². The van der Waals surface area contributed by atoms with Crippen LogP contribution in [-0.2, 0) is 19.4 Å². The molecule has 1 saturated heterocycles. The Kier molecular flexibility index (Phi) is 6.53. The van der Waals surface area contributed by atoms with E-state index in [4.69, 9.17) is 16.3 Å². The number of rotatable bonds is 4. The normalized spacial score (nSPS) is 21.8. The number of hydrogen-bond donors (Lipinski definition) is 0. The number of likely N-dealkylation sites (tertiary alicyclic amines) is 1. The van der Waals surface area contributed by atoms with Gasteiger partial charge in [-0.15, -0.1) is 0 Å². The molecule has 3 rings (SSSR count). The van der Waals surface area contributed by atoms with Gasteiger partial charge in [-0.05, 0) is 58.6 Å². The number of ether oxygens (including phenoxy) is 1. The van der Waals surface area contributed by atoms with Gasteiger partial charge in [-0.25, -0.2) is 18.1 Å². The predicted molar refractivity (Wildman–Crippen MR) is 114 cm³/mol. The van der Waals surface area contributed by atoms with Crippen molar-refractivity contribution in [2.45, 2.75) is 74.3 Å². The molecule has 10 heteroatoms. The highest BCUT2D eigenvalue weighted by Crippen LogP contribution is 2.34. The average molecular weight is 468 g/mol. The lowest BCUT2D eigenvalue weighted by molar-refractivity contribution is -0.135. The Morgan fingerprint density at radius 2 is 1.90 bits per heavy atom. The number of carbonyl (C=O) groups is 2. The summed E-state index contributed by atoms with van der Waals surface area (Å²) >= 11 is 6.11. The van der Waals surface area contributed by atoms with E-state index in [0.717, 1.165) is 16.2 Å². The molecule has 1 heterocycles. The highest BCUT2D eigenvalue weighted by Gasteiger charge is 2.49. The van der Waals surface area contributed by atoms with E-state index >= 15 is 0 Å². The van der Waals surface area contributed by atoms with Crippen LogP contribution in [-0.4, -0.2) is 59.7 Å². The topological polar surface area (TPSA) is 108 Å². The Bertz CT molecular complexity index is 1010. The zero-order valence-corrected chi connectivity index (χ0v) is 19.3. The predicted octanol–water partition coefficient (Wildman–Crippen LogP) is 3.35. The molecule has 1 aliphatic carbocycles. The molecule has 2 fully saturated rings. The van der Waals surface area contributed by atoms with Crippen molar-refractivity contribution in [3.63, 3.8) is 0 Å². The minimum Gasteiger partial charge on any atom is -0.444 e. The van der Waals surface area contributed by atoms with Gasteiger partial charge in [-0.2, -0.15) is 5.26 Å². The van der Waals surface area contributed by atoms with E-state index in [1.165, 1.54) is 12.1 Å². The van der Waals surface area contributed by atoms with Gasteiger partial charge < -0.3 is 4.74 Å². The summed E-state index contributed by atoms with van der Waals surface area (Å²) in [7, 11) is -3.93. The molecule has 1 aromatic rings.